The molecule has 0 rings (SSSR count). The molecule has 0 amide bonds. The molecule has 0 fully saturated rings. The van der Waals surface area contributed by atoms with Gasteiger partial charge in [0.25, 0.3) is 0 Å². The number of ether oxygens (including phenoxy) is 3. The third-order valence-electron chi connectivity index (χ3n) is 11.5. The van der Waals surface area contributed by atoms with Crippen molar-refractivity contribution in [2.45, 2.75) is 232 Å². The summed E-state index contributed by atoms with van der Waals surface area (Å²) in [6.45, 7) is 6.30. The van der Waals surface area contributed by atoms with E-state index < -0.39 is 6.10 Å². The summed E-state index contributed by atoms with van der Waals surface area (Å²) in [5.41, 5.74) is 0. The molecule has 1 atom stereocenters. The molecular weight excluding hydrogens is 901 g/mol. The summed E-state index contributed by atoms with van der Waals surface area (Å²) in [5, 5.41) is 0. The molecule has 1 unspecified atom stereocenters. The topological polar surface area (TPSA) is 78.9 Å². The first kappa shape index (κ1) is 68.0. The summed E-state index contributed by atoms with van der Waals surface area (Å²) < 4.78 is 16.7. The minimum absolute atomic E-state index is 0.111. The molecule has 0 saturated carbocycles. The lowest BCUT2D eigenvalue weighted by Gasteiger charge is -2.18. The van der Waals surface area contributed by atoms with Crippen molar-refractivity contribution in [1.29, 1.82) is 0 Å². The number of esters is 3. The molecule has 0 aliphatic heterocycles. The van der Waals surface area contributed by atoms with Gasteiger partial charge in [-0.25, -0.2) is 0 Å². The van der Waals surface area contributed by atoms with Gasteiger partial charge in [-0.1, -0.05) is 243 Å². The van der Waals surface area contributed by atoms with Crippen molar-refractivity contribution >= 4 is 17.9 Å². The van der Waals surface area contributed by atoms with Gasteiger partial charge in [0.15, 0.2) is 6.10 Å². The van der Waals surface area contributed by atoms with Gasteiger partial charge in [-0.2, -0.15) is 0 Å². The largest absolute Gasteiger partial charge is 0.462 e. The van der Waals surface area contributed by atoms with Crippen LogP contribution >= 0.6 is 0 Å². The highest BCUT2D eigenvalue weighted by Gasteiger charge is 2.19. The molecule has 0 radical (unpaired) electrons. The monoisotopic (exact) mass is 1000 g/mol. The van der Waals surface area contributed by atoms with E-state index in [1.54, 1.807) is 0 Å². The van der Waals surface area contributed by atoms with Crippen LogP contribution in [0.15, 0.2) is 158 Å². The normalized spacial score (nSPS) is 13.3. The number of rotatable bonds is 50. The maximum absolute atomic E-state index is 12.8. The fourth-order valence-corrected chi connectivity index (χ4v) is 7.26. The molecule has 73 heavy (non-hydrogen) atoms. The van der Waals surface area contributed by atoms with Gasteiger partial charge >= 0.3 is 17.9 Å². The van der Waals surface area contributed by atoms with Crippen molar-refractivity contribution in [3.8, 4) is 0 Å². The van der Waals surface area contributed by atoms with Crippen LogP contribution in [0.3, 0.4) is 0 Å². The second-order valence-electron chi connectivity index (χ2n) is 18.4. The molecule has 0 N–H and O–H groups in total. The highest BCUT2D eigenvalue weighted by molar-refractivity contribution is 5.71. The molecule has 408 valence electrons. The zero-order valence-electron chi connectivity index (χ0n) is 46.6. The zero-order valence-corrected chi connectivity index (χ0v) is 46.6. The molecule has 0 aromatic rings. The van der Waals surface area contributed by atoms with E-state index in [9.17, 15) is 14.4 Å². The minimum Gasteiger partial charge on any atom is -0.462 e. The second-order valence-corrected chi connectivity index (χ2v) is 18.4. The van der Waals surface area contributed by atoms with Gasteiger partial charge in [0.1, 0.15) is 13.2 Å². The molecule has 0 aromatic carbocycles. The molecule has 0 spiro atoms. The highest BCUT2D eigenvalue weighted by Crippen LogP contribution is 2.13. The highest BCUT2D eigenvalue weighted by atomic mass is 16.6. The second kappa shape index (κ2) is 59.6. The van der Waals surface area contributed by atoms with Crippen LogP contribution in [-0.2, 0) is 28.6 Å². The Hall–Kier alpha value is -4.97. The Balaban J connectivity index is 4.42. The van der Waals surface area contributed by atoms with E-state index in [-0.39, 0.29) is 44.0 Å². The fourth-order valence-electron chi connectivity index (χ4n) is 7.26. The summed E-state index contributed by atoms with van der Waals surface area (Å²) >= 11 is 0. The van der Waals surface area contributed by atoms with Crippen LogP contribution in [0.2, 0.25) is 0 Å². The average molecular weight is 1010 g/mol. The van der Waals surface area contributed by atoms with Gasteiger partial charge in [0, 0.05) is 19.3 Å². The van der Waals surface area contributed by atoms with E-state index in [0.717, 1.165) is 141 Å². The van der Waals surface area contributed by atoms with Gasteiger partial charge < -0.3 is 14.2 Å². The Morgan fingerprint density at radius 1 is 0.288 bits per heavy atom. The number of carbonyl (C=O) groups excluding carboxylic acids is 3. The number of unbranched alkanes of at least 4 members (excludes halogenated alkanes) is 13. The predicted octanol–water partition coefficient (Wildman–Crippen LogP) is 19.8. The molecule has 0 aromatic heterocycles. The van der Waals surface area contributed by atoms with Gasteiger partial charge in [0.05, 0.1) is 0 Å². The average Bonchev–Trinajstić information content (AvgIpc) is 3.39. The van der Waals surface area contributed by atoms with E-state index in [1.807, 2.05) is 0 Å². The van der Waals surface area contributed by atoms with Crippen molar-refractivity contribution in [1.82, 2.24) is 0 Å². The molecule has 0 bridgehead atoms. The first-order chi connectivity index (χ1) is 36.0. The molecule has 6 heteroatoms. The van der Waals surface area contributed by atoms with Crippen LogP contribution in [0.25, 0.3) is 0 Å². The smallest absolute Gasteiger partial charge is 0.306 e. The van der Waals surface area contributed by atoms with Crippen molar-refractivity contribution < 1.29 is 28.6 Å². The summed E-state index contributed by atoms with van der Waals surface area (Å²) in [6, 6.07) is 0. The SMILES string of the molecule is CC/C=C\C/C=C\C/C=C\C/C=C\C/C=C\C/C=C\C/C=C\C/C=C\C/C=C\CCCC(=O)OCC(COC(=O)CCCCCCCCCCC)OC(=O)CCCCCC/C=C\C/C=C\C/C=C\C/C=C\CC. The van der Waals surface area contributed by atoms with Crippen LogP contribution < -0.4 is 0 Å². The maximum Gasteiger partial charge on any atom is 0.306 e. The predicted molar refractivity (Wildman–Crippen MR) is 315 cm³/mol. The summed E-state index contributed by atoms with van der Waals surface area (Å²) in [6.07, 6.45) is 86.8. The Bertz CT molecular complexity index is 1670. The van der Waals surface area contributed by atoms with Crippen LogP contribution in [0.4, 0.5) is 0 Å². The van der Waals surface area contributed by atoms with Gasteiger partial charge in [0.2, 0.25) is 0 Å². The lowest BCUT2D eigenvalue weighted by Crippen LogP contribution is -2.30. The molecule has 0 heterocycles. The van der Waals surface area contributed by atoms with Crippen LogP contribution in [0, 0.1) is 0 Å². The number of allylic oxidation sites excluding steroid dienone is 26. The minimum atomic E-state index is -0.820. The Morgan fingerprint density at radius 2 is 0.548 bits per heavy atom. The van der Waals surface area contributed by atoms with Gasteiger partial charge in [-0.3, -0.25) is 14.4 Å². The molecular formula is C67H104O6. The van der Waals surface area contributed by atoms with Crippen molar-refractivity contribution in [3.05, 3.63) is 158 Å². The number of hydrogen-bond donors (Lipinski definition) is 0. The molecule has 0 aliphatic rings. The first-order valence-electron chi connectivity index (χ1n) is 29.0. The molecule has 0 aliphatic carbocycles. The number of hydrogen-bond acceptors (Lipinski definition) is 6. The summed E-state index contributed by atoms with van der Waals surface area (Å²) in [7, 11) is 0. The van der Waals surface area contributed by atoms with Gasteiger partial charge in [-0.05, 0) is 122 Å². The van der Waals surface area contributed by atoms with E-state index in [1.165, 1.54) is 38.5 Å². The van der Waals surface area contributed by atoms with Crippen LogP contribution in [-0.4, -0.2) is 37.2 Å². The van der Waals surface area contributed by atoms with E-state index in [2.05, 4.69) is 179 Å². The van der Waals surface area contributed by atoms with Crippen LogP contribution in [0.5, 0.6) is 0 Å². The third-order valence-corrected chi connectivity index (χ3v) is 11.5. The van der Waals surface area contributed by atoms with Gasteiger partial charge in [-0.15, -0.1) is 0 Å². The van der Waals surface area contributed by atoms with E-state index >= 15 is 0 Å². The standard InChI is InChI=1S/C67H104O6/c1-4-7-10-13-16-19-21-23-25-27-28-29-30-31-32-33-34-35-36-37-38-40-41-43-45-48-51-54-57-60-66(69)72-63-64(62-71-65(68)59-56-53-50-47-18-15-12-9-6-3)73-67(70)61-58-55-52-49-46-44-42-39-26-24-22-20-17-14-11-8-5-2/h7-8,10-11,16-17,19-20,23-26,28-29,31-32,34-35,37-38,41-44,48,51,64H,4-6,9,12-15,18,21-22,27,30,33,36,39-40,45-47,49-50,52-63H2,1-3H3/b10-7-,11-8-,19-16-,20-17-,25-23-,26-24-,29-28-,32-31-,35-34-,38-37-,43-41-,44-42-,51-48-. The maximum atomic E-state index is 12.8. The summed E-state index contributed by atoms with van der Waals surface area (Å²) in [4.78, 5) is 38.0. The van der Waals surface area contributed by atoms with E-state index in [4.69, 9.17) is 14.2 Å². The van der Waals surface area contributed by atoms with E-state index in [0.29, 0.717) is 12.8 Å². The number of carbonyl (C=O) groups is 3. The zero-order chi connectivity index (χ0) is 52.9. The lowest BCUT2D eigenvalue weighted by atomic mass is 10.1. The molecule has 0 saturated heterocycles. The van der Waals surface area contributed by atoms with Crippen molar-refractivity contribution in [3.63, 3.8) is 0 Å². The Kier molecular flexibility index (Phi) is 55.5. The summed E-state index contributed by atoms with van der Waals surface area (Å²) in [5.74, 6) is -1.01. The van der Waals surface area contributed by atoms with Crippen LogP contribution in [0.1, 0.15) is 226 Å². The fraction of sp³-hybridized carbons (Fsp3) is 0.567. The molecule has 6 nitrogen and oxygen atoms in total. The quantitative estimate of drug-likeness (QED) is 0.0261. The van der Waals surface area contributed by atoms with Crippen molar-refractivity contribution in [2.24, 2.45) is 0 Å². The third kappa shape index (κ3) is 57.8. The first-order valence-corrected chi connectivity index (χ1v) is 29.0. The van der Waals surface area contributed by atoms with Crippen molar-refractivity contribution in [2.75, 3.05) is 13.2 Å². The Labute approximate surface area is 448 Å². The Morgan fingerprint density at radius 3 is 0.890 bits per heavy atom. The lowest BCUT2D eigenvalue weighted by molar-refractivity contribution is -0.167.